The van der Waals surface area contributed by atoms with Gasteiger partial charge in [-0.25, -0.2) is 4.39 Å². The molecule has 2 rings (SSSR count). The van der Waals surface area contributed by atoms with Crippen molar-refractivity contribution >= 4 is 10.8 Å². The summed E-state index contributed by atoms with van der Waals surface area (Å²) in [6.45, 7) is 1.60. The van der Waals surface area contributed by atoms with Crippen molar-refractivity contribution in [3.63, 3.8) is 0 Å². The average molecular weight is 174 g/mol. The Bertz CT molecular complexity index is 432. The Balaban J connectivity index is 2.81. The highest BCUT2D eigenvalue weighted by Gasteiger charge is 2.00. The number of aryl methyl sites for hydroxylation is 1. The van der Waals surface area contributed by atoms with E-state index in [0.717, 1.165) is 21.9 Å². The quantitative estimate of drug-likeness (QED) is 0.619. The first-order valence-electron chi connectivity index (χ1n) is 4.35. The van der Waals surface area contributed by atoms with Gasteiger partial charge in [0.05, 0.1) is 0 Å². The van der Waals surface area contributed by atoms with Crippen LogP contribution >= 0.6 is 0 Å². The van der Waals surface area contributed by atoms with Crippen LogP contribution in [-0.2, 0) is 6.67 Å². The highest BCUT2D eigenvalue weighted by atomic mass is 19.1. The Morgan fingerprint density at radius 2 is 1.92 bits per heavy atom. The standard InChI is InChI=1S/C12H11F/c1-9-6-10-4-2-3-5-12(10)11(7-9)8-13/h2-7H,8H2,1H3. The fraction of sp³-hybridized carbons (Fsp3) is 0.167. The summed E-state index contributed by atoms with van der Waals surface area (Å²) >= 11 is 0. The van der Waals surface area contributed by atoms with Gasteiger partial charge in [0.2, 0.25) is 0 Å². The molecule has 0 aliphatic carbocycles. The monoisotopic (exact) mass is 174 g/mol. The molecule has 0 atom stereocenters. The Labute approximate surface area is 77.0 Å². The molecular formula is C12H11F. The molecule has 0 nitrogen and oxygen atoms in total. The van der Waals surface area contributed by atoms with Crippen LogP contribution in [0.15, 0.2) is 36.4 Å². The molecule has 0 bridgehead atoms. The predicted molar refractivity (Wildman–Crippen MR) is 53.5 cm³/mol. The van der Waals surface area contributed by atoms with Gasteiger partial charge in [-0.1, -0.05) is 42.0 Å². The first kappa shape index (κ1) is 8.24. The number of benzene rings is 2. The normalized spacial score (nSPS) is 10.6. The fourth-order valence-electron chi connectivity index (χ4n) is 1.67. The number of hydrogen-bond donors (Lipinski definition) is 0. The zero-order valence-corrected chi connectivity index (χ0v) is 7.55. The van der Waals surface area contributed by atoms with Gasteiger partial charge in [0.15, 0.2) is 0 Å². The van der Waals surface area contributed by atoms with Gasteiger partial charge in [0.1, 0.15) is 6.67 Å². The molecule has 0 radical (unpaired) electrons. The molecule has 66 valence electrons. The van der Waals surface area contributed by atoms with Gasteiger partial charge in [0, 0.05) is 0 Å². The van der Waals surface area contributed by atoms with Crippen LogP contribution in [0, 0.1) is 6.92 Å². The van der Waals surface area contributed by atoms with Crippen LogP contribution in [0.4, 0.5) is 4.39 Å². The van der Waals surface area contributed by atoms with E-state index in [1.807, 2.05) is 37.3 Å². The van der Waals surface area contributed by atoms with Crippen LogP contribution in [0.3, 0.4) is 0 Å². The smallest absolute Gasteiger partial charge is 0.115 e. The summed E-state index contributed by atoms with van der Waals surface area (Å²) in [4.78, 5) is 0. The van der Waals surface area contributed by atoms with E-state index in [1.165, 1.54) is 0 Å². The van der Waals surface area contributed by atoms with E-state index in [2.05, 4.69) is 6.07 Å². The van der Waals surface area contributed by atoms with Gasteiger partial charge in [-0.3, -0.25) is 0 Å². The molecule has 0 aliphatic rings. The molecule has 2 aromatic carbocycles. The van der Waals surface area contributed by atoms with Crippen LogP contribution in [0.1, 0.15) is 11.1 Å². The van der Waals surface area contributed by atoms with Crippen molar-refractivity contribution in [1.29, 1.82) is 0 Å². The lowest BCUT2D eigenvalue weighted by atomic mass is 10.0. The lowest BCUT2D eigenvalue weighted by Gasteiger charge is -2.04. The van der Waals surface area contributed by atoms with Crippen molar-refractivity contribution < 1.29 is 4.39 Å². The van der Waals surface area contributed by atoms with E-state index in [-0.39, 0.29) is 6.67 Å². The van der Waals surface area contributed by atoms with Gasteiger partial charge < -0.3 is 0 Å². The fourth-order valence-corrected chi connectivity index (χ4v) is 1.67. The molecule has 1 heteroatoms. The van der Waals surface area contributed by atoms with Gasteiger partial charge in [-0.15, -0.1) is 0 Å². The second kappa shape index (κ2) is 3.17. The molecule has 0 aliphatic heterocycles. The third-order valence-electron chi connectivity index (χ3n) is 2.24. The number of fused-ring (bicyclic) bond motifs is 1. The minimum atomic E-state index is -0.387. The lowest BCUT2D eigenvalue weighted by Crippen LogP contribution is -1.84. The SMILES string of the molecule is Cc1cc(CF)c2ccccc2c1. The number of alkyl halides is 1. The van der Waals surface area contributed by atoms with Gasteiger partial charge in [-0.05, 0) is 23.3 Å². The summed E-state index contributed by atoms with van der Waals surface area (Å²) < 4.78 is 12.6. The van der Waals surface area contributed by atoms with Crippen LogP contribution in [0.5, 0.6) is 0 Å². The molecule has 0 spiro atoms. The van der Waals surface area contributed by atoms with Gasteiger partial charge >= 0.3 is 0 Å². The summed E-state index contributed by atoms with van der Waals surface area (Å²) in [6.07, 6.45) is 0. The lowest BCUT2D eigenvalue weighted by molar-refractivity contribution is 0.487. The minimum Gasteiger partial charge on any atom is -0.246 e. The molecule has 0 aromatic heterocycles. The maximum Gasteiger partial charge on any atom is 0.115 e. The topological polar surface area (TPSA) is 0 Å². The molecule has 0 N–H and O–H groups in total. The van der Waals surface area contributed by atoms with Gasteiger partial charge in [-0.2, -0.15) is 0 Å². The third-order valence-corrected chi connectivity index (χ3v) is 2.24. The summed E-state index contributed by atoms with van der Waals surface area (Å²) in [5, 5.41) is 2.14. The molecule has 2 aromatic rings. The molecule has 0 saturated carbocycles. The zero-order valence-electron chi connectivity index (χ0n) is 7.55. The predicted octanol–water partition coefficient (Wildman–Crippen LogP) is 3.62. The second-order valence-electron chi connectivity index (χ2n) is 3.28. The average Bonchev–Trinajstić information content (AvgIpc) is 2.16. The Hall–Kier alpha value is -1.37. The van der Waals surface area contributed by atoms with Gasteiger partial charge in [0.25, 0.3) is 0 Å². The third kappa shape index (κ3) is 1.42. The Kier molecular flexibility index (Phi) is 2.01. The summed E-state index contributed by atoms with van der Waals surface area (Å²) in [5.41, 5.74) is 1.90. The molecule has 0 heterocycles. The van der Waals surface area contributed by atoms with E-state index in [9.17, 15) is 4.39 Å². The molecule has 0 amide bonds. The van der Waals surface area contributed by atoms with Crippen molar-refractivity contribution in [2.24, 2.45) is 0 Å². The molecular weight excluding hydrogens is 163 g/mol. The van der Waals surface area contributed by atoms with Crippen LogP contribution in [0.25, 0.3) is 10.8 Å². The Morgan fingerprint density at radius 1 is 1.15 bits per heavy atom. The van der Waals surface area contributed by atoms with E-state index in [4.69, 9.17) is 0 Å². The second-order valence-corrected chi connectivity index (χ2v) is 3.28. The molecule has 0 unspecified atom stereocenters. The largest absolute Gasteiger partial charge is 0.246 e. The summed E-state index contributed by atoms with van der Waals surface area (Å²) in [5.74, 6) is 0. The summed E-state index contributed by atoms with van der Waals surface area (Å²) in [6, 6.07) is 11.9. The maximum atomic E-state index is 12.6. The van der Waals surface area contributed by atoms with Crippen molar-refractivity contribution in [3.8, 4) is 0 Å². The zero-order chi connectivity index (χ0) is 9.26. The number of halogens is 1. The van der Waals surface area contributed by atoms with Crippen LogP contribution in [-0.4, -0.2) is 0 Å². The van der Waals surface area contributed by atoms with Crippen LogP contribution < -0.4 is 0 Å². The Morgan fingerprint density at radius 3 is 2.69 bits per heavy atom. The maximum absolute atomic E-state index is 12.6. The van der Waals surface area contributed by atoms with E-state index >= 15 is 0 Å². The van der Waals surface area contributed by atoms with Crippen molar-refractivity contribution in [1.82, 2.24) is 0 Å². The summed E-state index contributed by atoms with van der Waals surface area (Å²) in [7, 11) is 0. The van der Waals surface area contributed by atoms with Crippen molar-refractivity contribution in [2.45, 2.75) is 13.6 Å². The first-order valence-corrected chi connectivity index (χ1v) is 4.35. The van der Waals surface area contributed by atoms with Crippen molar-refractivity contribution in [3.05, 3.63) is 47.5 Å². The number of rotatable bonds is 1. The first-order chi connectivity index (χ1) is 6.31. The molecule has 0 fully saturated rings. The van der Waals surface area contributed by atoms with E-state index in [0.29, 0.717) is 0 Å². The minimum absolute atomic E-state index is 0.387. The molecule has 0 saturated heterocycles. The number of hydrogen-bond acceptors (Lipinski definition) is 0. The highest BCUT2D eigenvalue weighted by molar-refractivity contribution is 5.86. The molecule has 13 heavy (non-hydrogen) atoms. The van der Waals surface area contributed by atoms with Crippen molar-refractivity contribution in [2.75, 3.05) is 0 Å². The van der Waals surface area contributed by atoms with Crippen LogP contribution in [0.2, 0.25) is 0 Å². The van der Waals surface area contributed by atoms with E-state index in [1.54, 1.807) is 0 Å². The van der Waals surface area contributed by atoms with E-state index < -0.39 is 0 Å². The highest BCUT2D eigenvalue weighted by Crippen LogP contribution is 2.21.